The van der Waals surface area contributed by atoms with Crippen molar-refractivity contribution in [3.05, 3.63) is 66.6 Å². The maximum Gasteiger partial charge on any atom is 0.280 e. The third-order valence-electron chi connectivity index (χ3n) is 6.62. The van der Waals surface area contributed by atoms with Gasteiger partial charge in [-0.2, -0.15) is 0 Å². The van der Waals surface area contributed by atoms with Crippen LogP contribution in [0, 0.1) is 5.92 Å². The van der Waals surface area contributed by atoms with Crippen LogP contribution in [0.5, 0.6) is 0 Å². The summed E-state index contributed by atoms with van der Waals surface area (Å²) < 4.78 is 24.3. The lowest BCUT2D eigenvalue weighted by atomic mass is 9.81. The van der Waals surface area contributed by atoms with Gasteiger partial charge < -0.3 is 24.7 Å². The van der Waals surface area contributed by atoms with Crippen molar-refractivity contribution in [2.24, 2.45) is 11.7 Å². The summed E-state index contributed by atoms with van der Waals surface area (Å²) in [6, 6.07) is 16.7. The number of rotatable bonds is 7. The molecule has 2 atom stereocenters. The summed E-state index contributed by atoms with van der Waals surface area (Å²) in [7, 11) is 0. The third-order valence-corrected chi connectivity index (χ3v) is 7.55. The van der Waals surface area contributed by atoms with Crippen molar-refractivity contribution in [2.45, 2.75) is 42.9 Å². The first-order chi connectivity index (χ1) is 15.0. The van der Waals surface area contributed by atoms with Gasteiger partial charge in [0.15, 0.2) is 4.90 Å². The number of likely N-dealkylation sites (tertiary alicyclic amines) is 1. The van der Waals surface area contributed by atoms with E-state index in [1.54, 1.807) is 18.8 Å². The van der Waals surface area contributed by atoms with Crippen LogP contribution >= 0.6 is 0 Å². The van der Waals surface area contributed by atoms with Gasteiger partial charge in [-0.05, 0) is 92.4 Å². The highest BCUT2D eigenvalue weighted by Crippen LogP contribution is 2.47. The van der Waals surface area contributed by atoms with Gasteiger partial charge in [-0.15, -0.1) is 0 Å². The third kappa shape index (κ3) is 4.48. The molecule has 2 aliphatic rings. The molecular formula is C25H32N2O3S. The minimum atomic E-state index is -0.994. The Balaban J connectivity index is 1.62. The van der Waals surface area contributed by atoms with Gasteiger partial charge in [0.05, 0.1) is 0 Å². The van der Waals surface area contributed by atoms with Gasteiger partial charge in [0.2, 0.25) is 0 Å². The summed E-state index contributed by atoms with van der Waals surface area (Å²) in [5.74, 6) is -0.570. The highest BCUT2D eigenvalue weighted by Gasteiger charge is 2.48. The van der Waals surface area contributed by atoms with Gasteiger partial charge in [0.25, 0.3) is 5.79 Å². The van der Waals surface area contributed by atoms with Crippen LogP contribution in [0.1, 0.15) is 31.7 Å². The van der Waals surface area contributed by atoms with Crippen molar-refractivity contribution in [3.63, 3.8) is 0 Å². The van der Waals surface area contributed by atoms with Crippen LogP contribution in [0.3, 0.4) is 0 Å². The van der Waals surface area contributed by atoms with E-state index in [0.29, 0.717) is 6.04 Å². The molecule has 2 N–H and O–H groups in total. The number of hydrogen-bond donors (Lipinski definition) is 1. The second kappa shape index (κ2) is 9.65. The predicted molar refractivity (Wildman–Crippen MR) is 125 cm³/mol. The van der Waals surface area contributed by atoms with E-state index >= 15 is 0 Å². The molecular weight excluding hydrogens is 408 g/mol. The van der Waals surface area contributed by atoms with Gasteiger partial charge in [-0.25, -0.2) is 0 Å². The van der Waals surface area contributed by atoms with E-state index in [2.05, 4.69) is 24.0 Å². The molecule has 2 unspecified atom stereocenters. The highest BCUT2D eigenvalue weighted by molar-refractivity contribution is 7.90. The van der Waals surface area contributed by atoms with Gasteiger partial charge in [-0.3, -0.25) is 0 Å². The molecule has 1 saturated heterocycles. The standard InChI is InChI=1S/C25H32N2O3S/c1-19(11-14-26)27-15-12-21(13-16-27)25(29-17-18-30-25)24-6-4-3-5-23(24)20-7-9-22(10-8-20)31(2)28/h3-10,17-19,21H,11-16,26H2,1-2H3. The molecule has 2 aromatic rings. The first-order valence-corrected chi connectivity index (χ1v) is 12.6. The molecule has 0 amide bonds. The lowest BCUT2D eigenvalue weighted by Crippen LogP contribution is -2.47. The Bertz CT molecular complexity index is 884. The number of nitrogens with two attached hydrogens (primary N) is 1. The minimum absolute atomic E-state index is 0.243. The first kappa shape index (κ1) is 22.2. The Labute approximate surface area is 188 Å². The van der Waals surface area contributed by atoms with Gasteiger partial charge in [0.1, 0.15) is 18.8 Å². The largest absolute Gasteiger partial charge is 0.612 e. The molecule has 31 heavy (non-hydrogen) atoms. The Morgan fingerprint density at radius 2 is 1.74 bits per heavy atom. The van der Waals surface area contributed by atoms with E-state index in [4.69, 9.17) is 15.2 Å². The average Bonchev–Trinajstić information content (AvgIpc) is 3.30. The van der Waals surface area contributed by atoms with Gasteiger partial charge >= 0.3 is 0 Å². The molecule has 6 heteroatoms. The van der Waals surface area contributed by atoms with Gasteiger partial charge in [-0.1, -0.05) is 24.3 Å². The van der Waals surface area contributed by atoms with Crippen LogP contribution in [0.2, 0.25) is 0 Å². The average molecular weight is 441 g/mol. The fraction of sp³-hybridized carbons (Fsp3) is 0.440. The molecule has 0 aromatic heterocycles. The van der Waals surface area contributed by atoms with Crippen molar-refractivity contribution < 1.29 is 14.0 Å². The lowest BCUT2D eigenvalue weighted by molar-refractivity contribution is -0.201. The molecule has 0 radical (unpaired) electrons. The van der Waals surface area contributed by atoms with E-state index in [-0.39, 0.29) is 5.92 Å². The summed E-state index contributed by atoms with van der Waals surface area (Å²) in [4.78, 5) is 3.35. The minimum Gasteiger partial charge on any atom is -0.612 e. The maximum absolute atomic E-state index is 11.8. The topological polar surface area (TPSA) is 70.8 Å². The zero-order valence-corrected chi connectivity index (χ0v) is 19.1. The quantitative estimate of drug-likeness (QED) is 0.653. The summed E-state index contributed by atoms with van der Waals surface area (Å²) >= 11 is -0.994. The zero-order valence-electron chi connectivity index (χ0n) is 18.3. The van der Waals surface area contributed by atoms with E-state index < -0.39 is 17.0 Å². The zero-order chi connectivity index (χ0) is 21.8. The van der Waals surface area contributed by atoms with Crippen LogP contribution in [0.15, 0.2) is 66.0 Å². The molecule has 0 aliphatic carbocycles. The molecule has 0 bridgehead atoms. The van der Waals surface area contributed by atoms with E-state index in [1.807, 2.05) is 36.4 Å². The van der Waals surface area contributed by atoms with E-state index in [0.717, 1.165) is 60.5 Å². The molecule has 166 valence electrons. The highest BCUT2D eigenvalue weighted by atomic mass is 32.2. The Morgan fingerprint density at radius 3 is 2.35 bits per heavy atom. The van der Waals surface area contributed by atoms with Crippen molar-refractivity contribution >= 4 is 11.2 Å². The van der Waals surface area contributed by atoms with Crippen molar-refractivity contribution in [2.75, 3.05) is 25.9 Å². The Morgan fingerprint density at radius 1 is 1.10 bits per heavy atom. The van der Waals surface area contributed by atoms with Crippen molar-refractivity contribution in [1.82, 2.24) is 4.90 Å². The summed E-state index contributed by atoms with van der Waals surface area (Å²) in [5, 5.41) is 0. The fourth-order valence-electron chi connectivity index (χ4n) is 4.83. The van der Waals surface area contributed by atoms with Crippen LogP contribution < -0.4 is 5.73 Å². The number of benzene rings is 2. The normalized spacial score (nSPS) is 20.8. The summed E-state index contributed by atoms with van der Waals surface area (Å²) in [6.45, 7) is 5.01. The summed E-state index contributed by atoms with van der Waals surface area (Å²) in [6.07, 6.45) is 8.06. The van der Waals surface area contributed by atoms with Crippen LogP contribution in [-0.4, -0.2) is 41.4 Å². The number of piperidine rings is 1. The van der Waals surface area contributed by atoms with Crippen LogP contribution in [0.4, 0.5) is 0 Å². The smallest absolute Gasteiger partial charge is 0.280 e. The number of hydrogen-bond acceptors (Lipinski definition) is 5. The van der Waals surface area contributed by atoms with Crippen molar-refractivity contribution in [3.8, 4) is 11.1 Å². The second-order valence-electron chi connectivity index (χ2n) is 8.44. The van der Waals surface area contributed by atoms with Crippen molar-refractivity contribution in [1.29, 1.82) is 0 Å². The lowest BCUT2D eigenvalue weighted by Gasteiger charge is -2.43. The molecule has 2 aromatic carbocycles. The molecule has 0 saturated carbocycles. The monoisotopic (exact) mass is 440 g/mol. The molecule has 0 spiro atoms. The Hall–Kier alpha value is -1.99. The molecule has 4 rings (SSSR count). The second-order valence-corrected chi connectivity index (χ2v) is 9.82. The number of ether oxygens (including phenoxy) is 2. The van der Waals surface area contributed by atoms with E-state index in [9.17, 15) is 4.55 Å². The maximum atomic E-state index is 11.8. The Kier molecular flexibility index (Phi) is 6.92. The molecule has 2 heterocycles. The van der Waals surface area contributed by atoms with Crippen LogP contribution in [0.25, 0.3) is 11.1 Å². The number of nitrogens with zero attached hydrogens (tertiary/aromatic N) is 1. The summed E-state index contributed by atoms with van der Waals surface area (Å²) in [5.41, 5.74) is 8.96. The van der Waals surface area contributed by atoms with E-state index in [1.165, 1.54) is 0 Å². The fourth-order valence-corrected chi connectivity index (χ4v) is 5.35. The SMILES string of the molecule is CC(CCN)N1CCC(C2(c3ccccc3-c3ccc([S+](C)[O-])cc3)OC=CO2)CC1. The first-order valence-electron chi connectivity index (χ1n) is 11.0. The van der Waals surface area contributed by atoms with Crippen LogP contribution in [-0.2, 0) is 26.4 Å². The van der Waals surface area contributed by atoms with Gasteiger partial charge in [0, 0.05) is 17.5 Å². The molecule has 2 aliphatic heterocycles. The molecule has 5 nitrogen and oxygen atoms in total. The predicted octanol–water partition coefficient (Wildman–Crippen LogP) is 4.21. The molecule has 1 fully saturated rings.